The Morgan fingerprint density at radius 2 is 2.10 bits per heavy atom. The number of hydrogen-bond acceptors (Lipinski definition) is 3. The highest BCUT2D eigenvalue weighted by Gasteiger charge is 2.22. The lowest BCUT2D eigenvalue weighted by Gasteiger charge is -2.28. The Labute approximate surface area is 120 Å². The summed E-state index contributed by atoms with van der Waals surface area (Å²) in [6.45, 7) is 3.83. The molecule has 0 saturated heterocycles. The number of hydrogen-bond donors (Lipinski definition) is 1. The van der Waals surface area contributed by atoms with Crippen LogP contribution in [-0.4, -0.2) is 11.6 Å². The summed E-state index contributed by atoms with van der Waals surface area (Å²) >= 11 is 0. The molecule has 0 amide bonds. The number of para-hydroxylation sites is 1. The monoisotopic (exact) mass is 268 g/mol. The molecular weight excluding hydrogens is 248 g/mol. The molecule has 1 unspecified atom stereocenters. The van der Waals surface area contributed by atoms with E-state index in [1.165, 1.54) is 16.7 Å². The van der Waals surface area contributed by atoms with Gasteiger partial charge in [-0.05, 0) is 29.7 Å². The highest BCUT2D eigenvalue weighted by molar-refractivity contribution is 5.44. The predicted octanol–water partition coefficient (Wildman–Crippen LogP) is 3.26. The lowest BCUT2D eigenvalue weighted by molar-refractivity contribution is 0.250. The van der Waals surface area contributed by atoms with Crippen LogP contribution in [0.2, 0.25) is 0 Å². The van der Waals surface area contributed by atoms with Gasteiger partial charge in [0.15, 0.2) is 0 Å². The molecule has 3 nitrogen and oxygen atoms in total. The molecule has 0 spiro atoms. The average Bonchev–Trinajstić information content (AvgIpc) is 2.53. The first kappa shape index (κ1) is 13.1. The number of pyridine rings is 1. The zero-order chi connectivity index (χ0) is 13.8. The molecule has 0 radical (unpaired) electrons. The predicted molar refractivity (Wildman–Crippen MR) is 79.7 cm³/mol. The van der Waals surface area contributed by atoms with E-state index in [4.69, 9.17) is 4.74 Å². The van der Waals surface area contributed by atoms with Crippen molar-refractivity contribution in [1.82, 2.24) is 10.3 Å². The summed E-state index contributed by atoms with van der Waals surface area (Å²) in [5, 5.41) is 3.64. The summed E-state index contributed by atoms with van der Waals surface area (Å²) in [4.78, 5) is 4.05. The Morgan fingerprint density at radius 3 is 2.90 bits per heavy atom. The number of nitrogens with one attached hydrogen (secondary N) is 1. The summed E-state index contributed by atoms with van der Waals surface area (Å²) in [6.07, 6.45) is 5.71. The van der Waals surface area contributed by atoms with Gasteiger partial charge in [0.25, 0.3) is 0 Å². The van der Waals surface area contributed by atoms with E-state index in [9.17, 15) is 0 Å². The Morgan fingerprint density at radius 1 is 1.25 bits per heavy atom. The number of ether oxygens (including phenoxy) is 1. The molecule has 3 heteroatoms. The molecule has 20 heavy (non-hydrogen) atoms. The third kappa shape index (κ3) is 2.68. The van der Waals surface area contributed by atoms with Gasteiger partial charge < -0.3 is 10.1 Å². The van der Waals surface area contributed by atoms with Crippen LogP contribution in [0.4, 0.5) is 0 Å². The SMILES string of the molecule is CCc1cccc2c1OCCC2NCc1ccncc1. The first-order valence-electron chi connectivity index (χ1n) is 7.25. The maximum atomic E-state index is 5.88. The first-order valence-corrected chi connectivity index (χ1v) is 7.25. The van der Waals surface area contributed by atoms with Crippen LogP contribution in [0.1, 0.15) is 36.1 Å². The Kier molecular flexibility index (Phi) is 3.97. The normalized spacial score (nSPS) is 17.4. The van der Waals surface area contributed by atoms with E-state index in [1.54, 1.807) is 0 Å². The standard InChI is InChI=1S/C17H20N2O/c1-2-14-4-3-5-15-16(8-11-20-17(14)15)19-12-13-6-9-18-10-7-13/h3-7,9-10,16,19H,2,8,11-12H2,1H3. The van der Waals surface area contributed by atoms with Crippen molar-refractivity contribution in [3.8, 4) is 5.75 Å². The minimum Gasteiger partial charge on any atom is -0.493 e. The van der Waals surface area contributed by atoms with Gasteiger partial charge in [0.1, 0.15) is 5.75 Å². The second kappa shape index (κ2) is 6.06. The summed E-state index contributed by atoms with van der Waals surface area (Å²) < 4.78 is 5.88. The molecule has 2 heterocycles. The summed E-state index contributed by atoms with van der Waals surface area (Å²) in [6, 6.07) is 10.9. The quantitative estimate of drug-likeness (QED) is 0.924. The van der Waals surface area contributed by atoms with Crippen LogP contribution in [0, 0.1) is 0 Å². The van der Waals surface area contributed by atoms with E-state index in [0.717, 1.165) is 31.7 Å². The maximum Gasteiger partial charge on any atom is 0.127 e. The van der Waals surface area contributed by atoms with Crippen molar-refractivity contribution in [2.75, 3.05) is 6.61 Å². The van der Waals surface area contributed by atoms with Gasteiger partial charge in [-0.15, -0.1) is 0 Å². The van der Waals surface area contributed by atoms with Crippen molar-refractivity contribution in [2.45, 2.75) is 32.4 Å². The second-order valence-corrected chi connectivity index (χ2v) is 5.12. The zero-order valence-electron chi connectivity index (χ0n) is 11.8. The van der Waals surface area contributed by atoms with Crippen molar-refractivity contribution in [3.63, 3.8) is 0 Å². The lowest BCUT2D eigenvalue weighted by Crippen LogP contribution is -2.27. The molecule has 3 rings (SSSR count). The van der Waals surface area contributed by atoms with Crippen LogP contribution in [0.3, 0.4) is 0 Å². The summed E-state index contributed by atoms with van der Waals surface area (Å²) in [5.74, 6) is 1.09. The van der Waals surface area contributed by atoms with Crippen molar-refractivity contribution in [1.29, 1.82) is 0 Å². The summed E-state index contributed by atoms with van der Waals surface area (Å²) in [5.41, 5.74) is 3.86. The van der Waals surface area contributed by atoms with Crippen molar-refractivity contribution in [2.24, 2.45) is 0 Å². The number of nitrogens with zero attached hydrogens (tertiary/aromatic N) is 1. The minimum atomic E-state index is 0.374. The van der Waals surface area contributed by atoms with E-state index in [-0.39, 0.29) is 0 Å². The van der Waals surface area contributed by atoms with E-state index >= 15 is 0 Å². The van der Waals surface area contributed by atoms with E-state index < -0.39 is 0 Å². The lowest BCUT2D eigenvalue weighted by atomic mass is 9.96. The third-order valence-corrected chi connectivity index (χ3v) is 3.84. The van der Waals surface area contributed by atoms with Crippen molar-refractivity contribution < 1.29 is 4.74 Å². The molecule has 0 saturated carbocycles. The second-order valence-electron chi connectivity index (χ2n) is 5.12. The number of rotatable bonds is 4. The van der Waals surface area contributed by atoms with Crippen LogP contribution < -0.4 is 10.1 Å². The minimum absolute atomic E-state index is 0.374. The van der Waals surface area contributed by atoms with Gasteiger partial charge in [-0.1, -0.05) is 25.1 Å². The molecule has 1 atom stereocenters. The number of aryl methyl sites for hydroxylation is 1. The third-order valence-electron chi connectivity index (χ3n) is 3.84. The average molecular weight is 268 g/mol. The molecule has 1 aromatic carbocycles. The van der Waals surface area contributed by atoms with Gasteiger partial charge in [0, 0.05) is 37.0 Å². The van der Waals surface area contributed by atoms with Crippen LogP contribution >= 0.6 is 0 Å². The van der Waals surface area contributed by atoms with Crippen molar-refractivity contribution >= 4 is 0 Å². The van der Waals surface area contributed by atoms with E-state index in [1.807, 2.05) is 12.4 Å². The molecule has 1 aliphatic heterocycles. The number of aromatic nitrogens is 1. The highest BCUT2D eigenvalue weighted by Crippen LogP contribution is 2.35. The zero-order valence-corrected chi connectivity index (χ0v) is 11.8. The van der Waals surface area contributed by atoms with E-state index in [2.05, 4.69) is 47.6 Å². The molecule has 2 aromatic rings. The van der Waals surface area contributed by atoms with Gasteiger partial charge in [0.2, 0.25) is 0 Å². The van der Waals surface area contributed by atoms with Crippen LogP contribution in [0.25, 0.3) is 0 Å². The van der Waals surface area contributed by atoms with Gasteiger partial charge >= 0.3 is 0 Å². The van der Waals surface area contributed by atoms with Crippen molar-refractivity contribution in [3.05, 3.63) is 59.4 Å². The van der Waals surface area contributed by atoms with Crippen LogP contribution in [-0.2, 0) is 13.0 Å². The largest absolute Gasteiger partial charge is 0.493 e. The maximum absolute atomic E-state index is 5.88. The van der Waals surface area contributed by atoms with Crippen LogP contribution in [0.15, 0.2) is 42.7 Å². The molecule has 1 N–H and O–H groups in total. The van der Waals surface area contributed by atoms with Gasteiger partial charge in [-0.25, -0.2) is 0 Å². The Balaban J connectivity index is 1.77. The molecule has 0 aliphatic carbocycles. The molecule has 104 valence electrons. The molecule has 0 bridgehead atoms. The molecular formula is C17H20N2O. The molecule has 1 aromatic heterocycles. The number of benzene rings is 1. The number of fused-ring (bicyclic) bond motifs is 1. The molecule has 1 aliphatic rings. The highest BCUT2D eigenvalue weighted by atomic mass is 16.5. The fraction of sp³-hybridized carbons (Fsp3) is 0.353. The van der Waals surface area contributed by atoms with Gasteiger partial charge in [-0.3, -0.25) is 4.98 Å². The van der Waals surface area contributed by atoms with Gasteiger partial charge in [0.05, 0.1) is 6.61 Å². The first-order chi connectivity index (χ1) is 9.88. The van der Waals surface area contributed by atoms with Gasteiger partial charge in [-0.2, -0.15) is 0 Å². The Bertz CT molecular complexity index is 568. The molecule has 0 fully saturated rings. The summed E-state index contributed by atoms with van der Waals surface area (Å²) in [7, 11) is 0. The fourth-order valence-electron chi connectivity index (χ4n) is 2.72. The topological polar surface area (TPSA) is 34.1 Å². The van der Waals surface area contributed by atoms with Crippen LogP contribution in [0.5, 0.6) is 5.75 Å². The van der Waals surface area contributed by atoms with E-state index in [0.29, 0.717) is 6.04 Å². The Hall–Kier alpha value is -1.87. The fourth-order valence-corrected chi connectivity index (χ4v) is 2.72. The smallest absolute Gasteiger partial charge is 0.127 e.